The lowest BCUT2D eigenvalue weighted by Gasteiger charge is -2.37. The molecule has 27 heavy (non-hydrogen) atoms. The zero-order valence-corrected chi connectivity index (χ0v) is 16.2. The fourth-order valence-corrected chi connectivity index (χ4v) is 5.60. The van der Waals surface area contributed by atoms with E-state index in [2.05, 4.69) is 4.90 Å². The lowest BCUT2D eigenvalue weighted by molar-refractivity contribution is -0.146. The summed E-state index contributed by atoms with van der Waals surface area (Å²) in [5.74, 6) is -0.223. The second kappa shape index (κ2) is 7.44. The van der Waals surface area contributed by atoms with Crippen LogP contribution in [-0.2, 0) is 14.4 Å². The van der Waals surface area contributed by atoms with Gasteiger partial charge in [0.05, 0.1) is 5.92 Å². The molecule has 6 nitrogen and oxygen atoms in total. The maximum absolute atomic E-state index is 12.8. The van der Waals surface area contributed by atoms with Gasteiger partial charge in [0.1, 0.15) is 0 Å². The second-order valence-electron chi connectivity index (χ2n) is 9.22. The first-order valence-corrected chi connectivity index (χ1v) is 10.8. The molecule has 0 aromatic carbocycles. The summed E-state index contributed by atoms with van der Waals surface area (Å²) in [7, 11) is 0. The quantitative estimate of drug-likeness (QED) is 0.821. The van der Waals surface area contributed by atoms with Crippen molar-refractivity contribution >= 4 is 17.8 Å². The van der Waals surface area contributed by atoms with Crippen molar-refractivity contribution in [2.75, 3.05) is 26.2 Å². The van der Waals surface area contributed by atoms with E-state index in [0.717, 1.165) is 58.3 Å². The summed E-state index contributed by atoms with van der Waals surface area (Å²) in [5.41, 5.74) is 0.159. The SMILES string of the molecule is O=C(O)C1CCC(C(=O)N2CCC3(CC2)CC3C(=O)N2CCCCC2)CC1. The second-order valence-corrected chi connectivity index (χ2v) is 9.22. The maximum Gasteiger partial charge on any atom is 0.306 e. The molecule has 2 aliphatic heterocycles. The Morgan fingerprint density at radius 3 is 1.89 bits per heavy atom. The average Bonchev–Trinajstić information content (AvgIpc) is 3.41. The van der Waals surface area contributed by atoms with E-state index in [-0.39, 0.29) is 29.1 Å². The van der Waals surface area contributed by atoms with E-state index >= 15 is 0 Å². The van der Waals surface area contributed by atoms with E-state index in [9.17, 15) is 14.4 Å². The number of nitrogens with zero attached hydrogens (tertiary/aromatic N) is 2. The van der Waals surface area contributed by atoms with E-state index in [4.69, 9.17) is 5.11 Å². The summed E-state index contributed by atoms with van der Waals surface area (Å²) in [5, 5.41) is 9.11. The standard InChI is InChI=1S/C21H32N2O4/c24-18(15-4-6-16(7-5-15)20(26)27)23-12-8-21(9-13-23)14-17(21)19(25)22-10-2-1-3-11-22/h15-17H,1-14H2,(H,26,27). The van der Waals surface area contributed by atoms with Gasteiger partial charge in [-0.15, -0.1) is 0 Å². The summed E-state index contributed by atoms with van der Waals surface area (Å²) >= 11 is 0. The van der Waals surface area contributed by atoms with Crippen LogP contribution in [0.4, 0.5) is 0 Å². The number of amides is 2. The van der Waals surface area contributed by atoms with Gasteiger partial charge < -0.3 is 14.9 Å². The number of aliphatic carboxylic acids is 1. The highest BCUT2D eigenvalue weighted by Gasteiger charge is 2.59. The van der Waals surface area contributed by atoms with Crippen LogP contribution < -0.4 is 0 Å². The summed E-state index contributed by atoms with van der Waals surface area (Å²) in [6, 6.07) is 0. The molecule has 0 aromatic rings. The molecule has 150 valence electrons. The van der Waals surface area contributed by atoms with Crippen molar-refractivity contribution in [1.82, 2.24) is 9.80 Å². The number of carboxylic acids is 1. The maximum atomic E-state index is 12.8. The van der Waals surface area contributed by atoms with Gasteiger partial charge in [0.25, 0.3) is 0 Å². The molecular weight excluding hydrogens is 344 g/mol. The van der Waals surface area contributed by atoms with E-state index in [1.165, 1.54) is 6.42 Å². The monoisotopic (exact) mass is 376 g/mol. The molecule has 2 amide bonds. The molecule has 6 heteroatoms. The molecule has 2 saturated carbocycles. The molecular formula is C21H32N2O4. The first-order chi connectivity index (χ1) is 13.0. The molecule has 0 bridgehead atoms. The summed E-state index contributed by atoms with van der Waals surface area (Å²) in [6.45, 7) is 3.38. The zero-order chi connectivity index (χ0) is 19.0. The molecule has 1 unspecified atom stereocenters. The summed E-state index contributed by atoms with van der Waals surface area (Å²) in [4.78, 5) is 40.7. The predicted octanol–water partition coefficient (Wildman–Crippen LogP) is 2.52. The molecule has 4 rings (SSSR count). The van der Waals surface area contributed by atoms with Crippen molar-refractivity contribution in [3.63, 3.8) is 0 Å². The summed E-state index contributed by atoms with van der Waals surface area (Å²) in [6.07, 6.45) is 9.07. The number of rotatable bonds is 3. The number of piperidine rings is 2. The van der Waals surface area contributed by atoms with Crippen molar-refractivity contribution < 1.29 is 19.5 Å². The Morgan fingerprint density at radius 2 is 1.30 bits per heavy atom. The molecule has 2 saturated heterocycles. The number of carbonyl (C=O) groups excluding carboxylic acids is 2. The third kappa shape index (κ3) is 3.72. The van der Waals surface area contributed by atoms with Crippen molar-refractivity contribution in [2.45, 2.75) is 64.2 Å². The van der Waals surface area contributed by atoms with Crippen LogP contribution in [0.15, 0.2) is 0 Å². The fraction of sp³-hybridized carbons (Fsp3) is 0.857. The van der Waals surface area contributed by atoms with Crippen molar-refractivity contribution in [3.05, 3.63) is 0 Å². The Hall–Kier alpha value is -1.59. The first-order valence-electron chi connectivity index (χ1n) is 10.8. The van der Waals surface area contributed by atoms with Crippen LogP contribution in [0, 0.1) is 23.2 Å². The van der Waals surface area contributed by atoms with Gasteiger partial charge in [0, 0.05) is 38.0 Å². The Morgan fingerprint density at radius 1 is 0.741 bits per heavy atom. The molecule has 4 aliphatic rings. The number of hydrogen-bond acceptors (Lipinski definition) is 3. The molecule has 1 atom stereocenters. The number of carbonyl (C=O) groups is 3. The number of carboxylic acid groups (broad SMARTS) is 1. The van der Waals surface area contributed by atoms with Crippen LogP contribution in [0.2, 0.25) is 0 Å². The topological polar surface area (TPSA) is 77.9 Å². The van der Waals surface area contributed by atoms with Crippen LogP contribution in [-0.4, -0.2) is 58.9 Å². The largest absolute Gasteiger partial charge is 0.481 e. The minimum Gasteiger partial charge on any atom is -0.481 e. The van der Waals surface area contributed by atoms with E-state index in [1.807, 2.05) is 4.90 Å². The highest BCUT2D eigenvalue weighted by atomic mass is 16.4. The van der Waals surface area contributed by atoms with Gasteiger partial charge >= 0.3 is 5.97 Å². The van der Waals surface area contributed by atoms with Gasteiger partial charge in [0.2, 0.25) is 11.8 Å². The number of hydrogen-bond donors (Lipinski definition) is 1. The zero-order valence-electron chi connectivity index (χ0n) is 16.2. The van der Waals surface area contributed by atoms with E-state index in [1.54, 1.807) is 0 Å². The lowest BCUT2D eigenvalue weighted by Crippen LogP contribution is -2.44. The van der Waals surface area contributed by atoms with E-state index < -0.39 is 5.97 Å². The number of likely N-dealkylation sites (tertiary alicyclic amines) is 2. The average molecular weight is 376 g/mol. The minimum absolute atomic E-state index is 0.000341. The summed E-state index contributed by atoms with van der Waals surface area (Å²) < 4.78 is 0. The first kappa shape index (κ1) is 18.8. The normalized spacial score (nSPS) is 33.0. The van der Waals surface area contributed by atoms with Crippen molar-refractivity contribution in [3.8, 4) is 0 Å². The van der Waals surface area contributed by atoms with Crippen LogP contribution >= 0.6 is 0 Å². The minimum atomic E-state index is -0.723. The highest BCUT2D eigenvalue weighted by molar-refractivity contribution is 5.83. The molecule has 4 fully saturated rings. The third-order valence-electron chi connectivity index (χ3n) is 7.65. The van der Waals surface area contributed by atoms with Crippen molar-refractivity contribution in [2.24, 2.45) is 23.2 Å². The van der Waals surface area contributed by atoms with Crippen LogP contribution in [0.1, 0.15) is 64.2 Å². The van der Waals surface area contributed by atoms with Gasteiger partial charge in [-0.05, 0) is 69.6 Å². The molecule has 0 radical (unpaired) electrons. The van der Waals surface area contributed by atoms with Gasteiger partial charge in [-0.3, -0.25) is 14.4 Å². The predicted molar refractivity (Wildman–Crippen MR) is 99.9 cm³/mol. The van der Waals surface area contributed by atoms with Gasteiger partial charge in [-0.1, -0.05) is 0 Å². The van der Waals surface area contributed by atoms with Crippen molar-refractivity contribution in [1.29, 1.82) is 0 Å². The van der Waals surface area contributed by atoms with Crippen LogP contribution in [0.5, 0.6) is 0 Å². The Kier molecular flexibility index (Phi) is 5.17. The Bertz CT molecular complexity index is 597. The highest BCUT2D eigenvalue weighted by Crippen LogP contribution is 2.60. The smallest absolute Gasteiger partial charge is 0.306 e. The third-order valence-corrected chi connectivity index (χ3v) is 7.65. The molecule has 1 spiro atoms. The van der Waals surface area contributed by atoms with Gasteiger partial charge in [0.15, 0.2) is 0 Å². The molecule has 2 aliphatic carbocycles. The Balaban J connectivity index is 1.25. The van der Waals surface area contributed by atoms with Crippen LogP contribution in [0.25, 0.3) is 0 Å². The van der Waals surface area contributed by atoms with Gasteiger partial charge in [-0.25, -0.2) is 0 Å². The molecule has 1 N–H and O–H groups in total. The molecule has 2 heterocycles. The van der Waals surface area contributed by atoms with E-state index in [0.29, 0.717) is 31.6 Å². The molecule has 0 aromatic heterocycles. The fourth-order valence-electron chi connectivity index (χ4n) is 5.60. The van der Waals surface area contributed by atoms with Gasteiger partial charge in [-0.2, -0.15) is 0 Å². The Labute approximate surface area is 161 Å². The van der Waals surface area contributed by atoms with Crippen LogP contribution in [0.3, 0.4) is 0 Å². The lowest BCUT2D eigenvalue weighted by atomic mass is 9.80.